The predicted molar refractivity (Wildman–Crippen MR) is 88.0 cm³/mol. The number of halogens is 3. The first kappa shape index (κ1) is 18.3. The van der Waals surface area contributed by atoms with Crippen molar-refractivity contribution < 1.29 is 24.0 Å². The van der Waals surface area contributed by atoms with Crippen molar-refractivity contribution in [2.45, 2.75) is 21.6 Å². The van der Waals surface area contributed by atoms with E-state index in [-0.39, 0.29) is 23.8 Å². The van der Waals surface area contributed by atoms with Crippen LogP contribution in [0.3, 0.4) is 0 Å². The molecule has 0 bridgehead atoms. The van der Waals surface area contributed by atoms with Gasteiger partial charge in [-0.05, 0) is 6.08 Å². The number of carbonyl (C=O) groups excluding carboxylic acids is 2. The van der Waals surface area contributed by atoms with Crippen molar-refractivity contribution in [1.82, 2.24) is 20.4 Å². The normalized spacial score (nSPS) is 22.8. The van der Waals surface area contributed by atoms with Crippen molar-refractivity contribution >= 4 is 64.3 Å². The zero-order chi connectivity index (χ0) is 18.4. The fourth-order valence-corrected chi connectivity index (χ4v) is 3.77. The molecule has 0 saturated carbocycles. The number of aromatic nitrogens is 2. The van der Waals surface area contributed by atoms with Crippen LogP contribution in [-0.4, -0.2) is 55.1 Å². The van der Waals surface area contributed by atoms with E-state index in [4.69, 9.17) is 44.4 Å². The van der Waals surface area contributed by atoms with Crippen molar-refractivity contribution in [3.05, 3.63) is 23.5 Å². The van der Waals surface area contributed by atoms with E-state index >= 15 is 0 Å². The highest BCUT2D eigenvalue weighted by atomic mass is 35.6. The number of carboxylic acids is 1. The molecule has 0 spiro atoms. The summed E-state index contributed by atoms with van der Waals surface area (Å²) in [5.41, 5.74) is -0.0789. The molecule has 0 aliphatic carbocycles. The molecule has 0 unspecified atom stereocenters. The molecule has 1 aromatic rings. The third kappa shape index (κ3) is 3.57. The minimum absolute atomic E-state index is 0.00938. The average molecular weight is 428 g/mol. The maximum absolute atomic E-state index is 12.1. The monoisotopic (exact) mass is 426 g/mol. The maximum atomic E-state index is 12.1. The summed E-state index contributed by atoms with van der Waals surface area (Å²) in [6.07, 6.45) is 1.17. The van der Waals surface area contributed by atoms with Gasteiger partial charge in [-0.25, -0.2) is 4.79 Å². The highest BCUT2D eigenvalue weighted by Crippen LogP contribution is 2.38. The Hall–Kier alpha value is -1.49. The lowest BCUT2D eigenvalue weighted by Gasteiger charge is -2.48. The van der Waals surface area contributed by atoms with Gasteiger partial charge in [0.1, 0.15) is 17.1 Å². The third-order valence-corrected chi connectivity index (χ3v) is 5.08. The molecule has 0 aromatic carbocycles. The lowest BCUT2D eigenvalue weighted by atomic mass is 10.0. The maximum Gasteiger partial charge on any atom is 0.352 e. The van der Waals surface area contributed by atoms with Crippen molar-refractivity contribution in [3.63, 3.8) is 0 Å². The van der Waals surface area contributed by atoms with Gasteiger partial charge < -0.3 is 14.9 Å². The van der Waals surface area contributed by atoms with Crippen LogP contribution in [0.15, 0.2) is 16.3 Å². The van der Waals surface area contributed by atoms with E-state index in [1.165, 1.54) is 17.8 Å². The van der Waals surface area contributed by atoms with E-state index in [0.717, 1.165) is 4.90 Å². The van der Waals surface area contributed by atoms with E-state index in [0.29, 0.717) is 5.75 Å². The van der Waals surface area contributed by atoms with Crippen LogP contribution in [-0.2, 0) is 24.6 Å². The Morgan fingerprint density at radius 2 is 2.20 bits per heavy atom. The smallest absolute Gasteiger partial charge is 0.352 e. The summed E-state index contributed by atoms with van der Waals surface area (Å²) in [4.78, 5) is 40.3. The minimum atomic E-state index is -1.90. The molecule has 1 aromatic heterocycles. The number of β-lactam (4-membered cyclic amide) rings is 1. The van der Waals surface area contributed by atoms with Crippen LogP contribution in [0.2, 0.25) is 0 Å². The number of thioether (sulfide) groups is 1. The molecule has 1 saturated heterocycles. The Labute approximate surface area is 159 Å². The van der Waals surface area contributed by atoms with E-state index < -0.39 is 33.0 Å². The van der Waals surface area contributed by atoms with E-state index in [2.05, 4.69) is 15.5 Å². The van der Waals surface area contributed by atoms with Gasteiger partial charge in [0, 0.05) is 5.75 Å². The molecular weight excluding hydrogens is 419 g/mol. The van der Waals surface area contributed by atoms with E-state index in [9.17, 15) is 14.4 Å². The average Bonchev–Trinajstić information content (AvgIpc) is 3.00. The molecule has 2 N–H and O–H groups in total. The molecule has 3 heterocycles. The summed E-state index contributed by atoms with van der Waals surface area (Å²) >= 11 is 18.1. The fourth-order valence-electron chi connectivity index (χ4n) is 2.35. The quantitative estimate of drug-likeness (QED) is 0.534. The number of amides is 2. The molecule has 134 valence electrons. The molecule has 2 atom stereocenters. The number of hydrogen-bond acceptors (Lipinski definition) is 7. The Kier molecular flexibility index (Phi) is 4.89. The summed E-state index contributed by atoms with van der Waals surface area (Å²) in [5, 5.41) is 14.7. The number of fused-ring (bicyclic) bond motifs is 1. The number of aliphatic carboxylic acids is 1. The molecule has 3 rings (SSSR count). The zero-order valence-electron chi connectivity index (χ0n) is 12.1. The number of hydrogen-bond donors (Lipinski definition) is 2. The molecular formula is C12H9Cl3N4O5S. The molecule has 2 aliphatic heterocycles. The highest BCUT2D eigenvalue weighted by Gasteiger charge is 2.52. The number of rotatable bonds is 4. The lowest BCUT2D eigenvalue weighted by Crippen LogP contribution is -2.70. The third-order valence-electron chi connectivity index (χ3n) is 3.41. The lowest BCUT2D eigenvalue weighted by molar-refractivity contribution is -0.150. The summed E-state index contributed by atoms with van der Waals surface area (Å²) in [6, 6.07) is -0.819. The molecule has 9 nitrogen and oxygen atoms in total. The minimum Gasteiger partial charge on any atom is -0.477 e. The van der Waals surface area contributed by atoms with Gasteiger partial charge in [0.25, 0.3) is 15.6 Å². The topological polar surface area (TPSA) is 126 Å². The Bertz CT molecular complexity index is 777. The second-order valence-corrected chi connectivity index (χ2v) is 8.49. The van der Waals surface area contributed by atoms with Crippen LogP contribution >= 0.6 is 46.6 Å². The summed E-state index contributed by atoms with van der Waals surface area (Å²) in [7, 11) is 0. The summed E-state index contributed by atoms with van der Waals surface area (Å²) < 4.78 is 2.84. The Balaban J connectivity index is 1.61. The number of nitrogens with one attached hydrogen (secondary N) is 1. The second kappa shape index (κ2) is 6.67. The Morgan fingerprint density at radius 1 is 1.48 bits per heavy atom. The molecule has 0 radical (unpaired) electrons. The van der Waals surface area contributed by atoms with Crippen LogP contribution in [0, 0.1) is 0 Å². The van der Waals surface area contributed by atoms with Gasteiger partial charge >= 0.3 is 5.97 Å². The van der Waals surface area contributed by atoms with Gasteiger partial charge in [0.15, 0.2) is 5.82 Å². The Morgan fingerprint density at radius 3 is 2.80 bits per heavy atom. The first-order valence-electron chi connectivity index (χ1n) is 6.75. The van der Waals surface area contributed by atoms with Crippen LogP contribution in [0.4, 0.5) is 0 Å². The van der Waals surface area contributed by atoms with Gasteiger partial charge in [-0.15, -0.1) is 11.8 Å². The van der Waals surface area contributed by atoms with Gasteiger partial charge in [0.2, 0.25) is 5.91 Å². The van der Waals surface area contributed by atoms with Crippen LogP contribution in [0.25, 0.3) is 0 Å². The number of carboxylic acid groups (broad SMARTS) is 1. The summed E-state index contributed by atoms with van der Waals surface area (Å²) in [6.45, 7) is 0. The van der Waals surface area contributed by atoms with Crippen molar-refractivity contribution in [3.8, 4) is 0 Å². The number of carbonyl (C=O) groups is 3. The van der Waals surface area contributed by atoms with Gasteiger partial charge in [-0.2, -0.15) is 4.98 Å². The van der Waals surface area contributed by atoms with E-state index in [1.54, 1.807) is 0 Å². The molecule has 1 fully saturated rings. The molecule has 2 aliphatic rings. The molecule has 25 heavy (non-hydrogen) atoms. The summed E-state index contributed by atoms with van der Waals surface area (Å²) in [5.74, 6) is -2.07. The number of nitrogens with zero attached hydrogens (tertiary/aromatic N) is 3. The highest BCUT2D eigenvalue weighted by molar-refractivity contribution is 8.00. The van der Waals surface area contributed by atoms with Crippen molar-refractivity contribution in [2.75, 3.05) is 5.75 Å². The van der Waals surface area contributed by atoms with Gasteiger partial charge in [-0.3, -0.25) is 14.5 Å². The van der Waals surface area contributed by atoms with Crippen LogP contribution in [0.1, 0.15) is 11.7 Å². The molecule has 2 amide bonds. The number of alkyl halides is 3. The van der Waals surface area contributed by atoms with Crippen LogP contribution in [0.5, 0.6) is 0 Å². The zero-order valence-corrected chi connectivity index (χ0v) is 15.2. The standard InChI is InChI=1S/C12H9Cl3N4O5S/c13-12(14,15)11-16-5(18-24-11)3-6(20)17-7-8(21)19-4(10(22)23)1-2-25-9(7)19/h1,7,9H,2-3H2,(H,17,20)(H,22,23)/t7-,9-/m1/s1. The first-order valence-corrected chi connectivity index (χ1v) is 8.94. The second-order valence-electron chi connectivity index (χ2n) is 5.06. The largest absolute Gasteiger partial charge is 0.477 e. The van der Waals surface area contributed by atoms with Gasteiger partial charge in [0.05, 0.1) is 6.42 Å². The first-order chi connectivity index (χ1) is 11.7. The SMILES string of the molecule is O=C(Cc1noc(C(Cl)(Cl)Cl)n1)N[C@@H]1C(=O)N2C(C(=O)O)=CCS[C@H]12. The van der Waals surface area contributed by atoms with Crippen molar-refractivity contribution in [1.29, 1.82) is 0 Å². The van der Waals surface area contributed by atoms with Crippen molar-refractivity contribution in [2.24, 2.45) is 0 Å². The predicted octanol–water partition coefficient (Wildman–Crippen LogP) is 0.807. The fraction of sp³-hybridized carbons (Fsp3) is 0.417. The van der Waals surface area contributed by atoms with E-state index in [1.807, 2.05) is 0 Å². The van der Waals surface area contributed by atoms with Crippen LogP contribution < -0.4 is 5.32 Å². The molecule has 13 heteroatoms. The van der Waals surface area contributed by atoms with Gasteiger partial charge in [-0.1, -0.05) is 40.0 Å².